The van der Waals surface area contributed by atoms with E-state index in [2.05, 4.69) is 25.4 Å². The molecule has 5 rings (SSSR count). The van der Waals surface area contributed by atoms with Crippen LogP contribution in [0.15, 0.2) is 35.2 Å². The van der Waals surface area contributed by atoms with Crippen molar-refractivity contribution in [2.45, 2.75) is 44.6 Å². The van der Waals surface area contributed by atoms with Gasteiger partial charge in [0.1, 0.15) is 6.33 Å². The van der Waals surface area contributed by atoms with E-state index in [1.54, 1.807) is 17.1 Å². The molecule has 0 bridgehead atoms. The van der Waals surface area contributed by atoms with Gasteiger partial charge in [0.2, 0.25) is 11.7 Å². The second kappa shape index (κ2) is 6.49. The Hall–Kier alpha value is -3.23. The lowest BCUT2D eigenvalue weighted by atomic mass is 9.99. The van der Waals surface area contributed by atoms with E-state index in [9.17, 15) is 0 Å². The van der Waals surface area contributed by atoms with E-state index in [1.807, 2.05) is 25.1 Å². The number of furan rings is 1. The van der Waals surface area contributed by atoms with E-state index < -0.39 is 0 Å². The molecule has 1 atom stereocenters. The minimum absolute atomic E-state index is 0.329. The molecule has 0 saturated heterocycles. The topological polar surface area (TPSA) is 107 Å². The van der Waals surface area contributed by atoms with E-state index in [0.29, 0.717) is 34.9 Å². The number of hydrogen-bond donors (Lipinski definition) is 1. The molecular weight excluding hydrogens is 346 g/mol. The molecule has 1 aliphatic rings. The SMILES string of the molecule is CC(Oc1nn2c(-c3ccco3)nnc2cc1C1CCCC1)c1nc[nH]n1. The smallest absolute Gasteiger partial charge is 0.236 e. The molecule has 4 heterocycles. The minimum Gasteiger partial charge on any atom is -0.465 e. The summed E-state index contributed by atoms with van der Waals surface area (Å²) in [6.45, 7) is 1.91. The molecule has 0 aromatic carbocycles. The van der Waals surface area contributed by atoms with Crippen LogP contribution in [0.25, 0.3) is 17.2 Å². The van der Waals surface area contributed by atoms with Crippen LogP contribution >= 0.6 is 0 Å². The summed E-state index contributed by atoms with van der Waals surface area (Å²) >= 11 is 0. The van der Waals surface area contributed by atoms with E-state index in [-0.39, 0.29) is 6.10 Å². The van der Waals surface area contributed by atoms with Crippen LogP contribution in [0.1, 0.15) is 56.0 Å². The number of nitrogens with zero attached hydrogens (tertiary/aromatic N) is 6. The van der Waals surface area contributed by atoms with Gasteiger partial charge in [0.15, 0.2) is 23.3 Å². The zero-order valence-corrected chi connectivity index (χ0v) is 14.9. The van der Waals surface area contributed by atoms with Gasteiger partial charge in [-0.1, -0.05) is 12.8 Å². The molecule has 1 fully saturated rings. The van der Waals surface area contributed by atoms with Crippen molar-refractivity contribution in [1.82, 2.24) is 35.0 Å². The van der Waals surface area contributed by atoms with Crippen molar-refractivity contribution in [3.05, 3.63) is 42.2 Å². The Morgan fingerprint density at radius 1 is 1.30 bits per heavy atom. The molecule has 138 valence electrons. The molecule has 0 spiro atoms. The summed E-state index contributed by atoms with van der Waals surface area (Å²) in [5.41, 5.74) is 1.75. The molecule has 0 radical (unpaired) electrons. The Morgan fingerprint density at radius 2 is 2.19 bits per heavy atom. The largest absolute Gasteiger partial charge is 0.465 e. The molecule has 1 saturated carbocycles. The highest BCUT2D eigenvalue weighted by molar-refractivity contribution is 5.55. The van der Waals surface area contributed by atoms with Crippen molar-refractivity contribution in [2.24, 2.45) is 0 Å². The van der Waals surface area contributed by atoms with Gasteiger partial charge in [-0.15, -0.1) is 15.3 Å². The van der Waals surface area contributed by atoms with E-state index >= 15 is 0 Å². The van der Waals surface area contributed by atoms with Crippen LogP contribution in [0.4, 0.5) is 0 Å². The van der Waals surface area contributed by atoms with Gasteiger partial charge in [-0.05, 0) is 43.9 Å². The number of rotatable bonds is 5. The first-order chi connectivity index (χ1) is 13.3. The van der Waals surface area contributed by atoms with Crippen LogP contribution in [-0.2, 0) is 0 Å². The normalized spacial score (nSPS) is 16.2. The van der Waals surface area contributed by atoms with Gasteiger partial charge in [-0.25, -0.2) is 4.98 Å². The third-order valence-electron chi connectivity index (χ3n) is 5.01. The lowest BCUT2D eigenvalue weighted by Gasteiger charge is -2.17. The van der Waals surface area contributed by atoms with Crippen molar-refractivity contribution in [3.63, 3.8) is 0 Å². The number of fused-ring (bicyclic) bond motifs is 1. The zero-order valence-electron chi connectivity index (χ0n) is 14.9. The Morgan fingerprint density at radius 3 is 2.93 bits per heavy atom. The monoisotopic (exact) mass is 365 g/mol. The van der Waals surface area contributed by atoms with Gasteiger partial charge in [-0.3, -0.25) is 5.10 Å². The molecule has 1 aliphatic carbocycles. The minimum atomic E-state index is -0.329. The number of hydrogen-bond acceptors (Lipinski definition) is 7. The summed E-state index contributed by atoms with van der Waals surface area (Å²) in [6, 6.07) is 5.67. The Kier molecular flexibility index (Phi) is 3.84. The average Bonchev–Trinajstić information content (AvgIpc) is 3.49. The number of H-pyrrole nitrogens is 1. The van der Waals surface area contributed by atoms with Gasteiger partial charge in [0, 0.05) is 5.56 Å². The first-order valence-electron chi connectivity index (χ1n) is 9.12. The second-order valence-corrected chi connectivity index (χ2v) is 6.77. The van der Waals surface area contributed by atoms with Crippen LogP contribution in [-0.4, -0.2) is 35.0 Å². The predicted molar refractivity (Wildman–Crippen MR) is 95.1 cm³/mol. The molecule has 1 unspecified atom stereocenters. The lowest BCUT2D eigenvalue weighted by Crippen LogP contribution is -2.11. The predicted octanol–water partition coefficient (Wildman–Crippen LogP) is 3.30. The molecule has 4 aromatic heterocycles. The van der Waals surface area contributed by atoms with Crippen molar-refractivity contribution in [1.29, 1.82) is 0 Å². The number of aromatic nitrogens is 7. The third-order valence-corrected chi connectivity index (χ3v) is 5.01. The number of aromatic amines is 1. The Bertz CT molecular complexity index is 1030. The van der Waals surface area contributed by atoms with Crippen LogP contribution < -0.4 is 4.74 Å². The van der Waals surface area contributed by atoms with Gasteiger partial charge < -0.3 is 9.15 Å². The lowest BCUT2D eigenvalue weighted by molar-refractivity contribution is 0.201. The van der Waals surface area contributed by atoms with Crippen molar-refractivity contribution < 1.29 is 9.15 Å². The maximum absolute atomic E-state index is 6.19. The van der Waals surface area contributed by atoms with Crippen molar-refractivity contribution in [3.8, 4) is 17.5 Å². The van der Waals surface area contributed by atoms with Crippen LogP contribution in [0.3, 0.4) is 0 Å². The quantitative estimate of drug-likeness (QED) is 0.578. The van der Waals surface area contributed by atoms with Gasteiger partial charge in [0.05, 0.1) is 6.26 Å². The highest BCUT2D eigenvalue weighted by Gasteiger charge is 2.26. The summed E-state index contributed by atoms with van der Waals surface area (Å²) in [7, 11) is 0. The summed E-state index contributed by atoms with van der Waals surface area (Å²) in [4.78, 5) is 4.18. The fraction of sp³-hybridized carbons (Fsp3) is 0.389. The molecule has 0 amide bonds. The molecule has 9 heteroatoms. The van der Waals surface area contributed by atoms with Gasteiger partial charge >= 0.3 is 0 Å². The molecule has 0 aliphatic heterocycles. The molecule has 9 nitrogen and oxygen atoms in total. The molecule has 4 aromatic rings. The van der Waals surface area contributed by atoms with Crippen molar-refractivity contribution >= 4 is 5.65 Å². The highest BCUT2D eigenvalue weighted by Crippen LogP contribution is 2.39. The van der Waals surface area contributed by atoms with E-state index in [1.165, 1.54) is 12.8 Å². The van der Waals surface area contributed by atoms with Crippen molar-refractivity contribution in [2.75, 3.05) is 0 Å². The maximum Gasteiger partial charge on any atom is 0.236 e. The molecular formula is C18H19N7O2. The standard InChI is InChI=1S/C18H19N7O2/c1-11(16-19-10-20-22-16)27-18-13(12-5-2-3-6-12)9-15-21-23-17(25(15)24-18)14-7-4-8-26-14/h4,7-12H,2-3,5-6H2,1H3,(H,19,20,22). The highest BCUT2D eigenvalue weighted by atomic mass is 16.5. The summed E-state index contributed by atoms with van der Waals surface area (Å²) in [6.07, 6.45) is 7.51. The fourth-order valence-electron chi connectivity index (χ4n) is 3.65. The van der Waals surface area contributed by atoms with Crippen LogP contribution in [0.5, 0.6) is 5.88 Å². The fourth-order valence-corrected chi connectivity index (χ4v) is 3.65. The third kappa shape index (κ3) is 2.84. The second-order valence-electron chi connectivity index (χ2n) is 6.77. The average molecular weight is 365 g/mol. The number of ether oxygens (including phenoxy) is 1. The summed E-state index contributed by atoms with van der Waals surface area (Å²) in [5.74, 6) is 2.73. The Balaban J connectivity index is 1.60. The maximum atomic E-state index is 6.19. The summed E-state index contributed by atoms with van der Waals surface area (Å²) < 4.78 is 13.3. The molecule has 1 N–H and O–H groups in total. The number of nitrogens with one attached hydrogen (secondary N) is 1. The zero-order chi connectivity index (χ0) is 18.2. The van der Waals surface area contributed by atoms with Gasteiger partial charge in [0.25, 0.3) is 0 Å². The first kappa shape index (κ1) is 16.0. The van der Waals surface area contributed by atoms with E-state index in [0.717, 1.165) is 18.4 Å². The summed E-state index contributed by atoms with van der Waals surface area (Å²) in [5, 5.41) is 20.1. The van der Waals surface area contributed by atoms with Crippen LogP contribution in [0, 0.1) is 0 Å². The molecule has 27 heavy (non-hydrogen) atoms. The van der Waals surface area contributed by atoms with Crippen LogP contribution in [0.2, 0.25) is 0 Å². The van der Waals surface area contributed by atoms with Gasteiger partial charge in [-0.2, -0.15) is 9.61 Å². The Labute approximate surface area is 154 Å². The first-order valence-corrected chi connectivity index (χ1v) is 9.12. The van der Waals surface area contributed by atoms with E-state index in [4.69, 9.17) is 14.3 Å².